The minimum absolute atomic E-state index is 0.505. The molecule has 0 bridgehead atoms. The second kappa shape index (κ2) is 6.17. The van der Waals surface area contributed by atoms with E-state index in [0.717, 1.165) is 26.0 Å². The molecule has 76 valence electrons. The summed E-state index contributed by atoms with van der Waals surface area (Å²) in [7, 11) is 1.99. The topological polar surface area (TPSA) is 21.3 Å². The Morgan fingerprint density at radius 3 is 3.08 bits per heavy atom. The summed E-state index contributed by atoms with van der Waals surface area (Å²) in [5.41, 5.74) is 1.47. The van der Waals surface area contributed by atoms with Crippen molar-refractivity contribution in [3.05, 3.63) is 11.6 Å². The molecule has 1 atom stereocenters. The standard InChI is InChI=1S/C11H21NO/c1-10(5-3-7-12-2)9-11-6-4-8-13-11/h5,11-12H,3-4,6-9H2,1-2H3. The van der Waals surface area contributed by atoms with Crippen LogP contribution in [-0.4, -0.2) is 26.3 Å². The molecule has 1 fully saturated rings. The molecule has 1 unspecified atom stereocenters. The van der Waals surface area contributed by atoms with E-state index in [1.165, 1.54) is 18.4 Å². The quantitative estimate of drug-likeness (QED) is 0.520. The molecule has 1 aliphatic heterocycles. The van der Waals surface area contributed by atoms with Crippen LogP contribution in [0.15, 0.2) is 11.6 Å². The van der Waals surface area contributed by atoms with E-state index in [0.29, 0.717) is 6.10 Å². The summed E-state index contributed by atoms with van der Waals surface area (Å²) in [5, 5.41) is 3.14. The lowest BCUT2D eigenvalue weighted by atomic mass is 10.1. The van der Waals surface area contributed by atoms with Crippen LogP contribution < -0.4 is 5.32 Å². The van der Waals surface area contributed by atoms with Crippen molar-refractivity contribution < 1.29 is 4.74 Å². The van der Waals surface area contributed by atoms with Crippen LogP contribution in [0.2, 0.25) is 0 Å². The molecule has 0 aromatic carbocycles. The molecule has 13 heavy (non-hydrogen) atoms. The Morgan fingerprint density at radius 1 is 1.62 bits per heavy atom. The van der Waals surface area contributed by atoms with Gasteiger partial charge in [0.05, 0.1) is 6.10 Å². The molecular weight excluding hydrogens is 162 g/mol. The van der Waals surface area contributed by atoms with Gasteiger partial charge >= 0.3 is 0 Å². The van der Waals surface area contributed by atoms with Gasteiger partial charge in [-0.25, -0.2) is 0 Å². The molecule has 1 saturated heterocycles. The van der Waals surface area contributed by atoms with Gasteiger partial charge in [0.1, 0.15) is 0 Å². The largest absolute Gasteiger partial charge is 0.378 e. The van der Waals surface area contributed by atoms with E-state index in [1.807, 2.05) is 7.05 Å². The van der Waals surface area contributed by atoms with E-state index in [4.69, 9.17) is 4.74 Å². The molecule has 1 aliphatic rings. The average Bonchev–Trinajstić information content (AvgIpc) is 2.57. The van der Waals surface area contributed by atoms with E-state index < -0.39 is 0 Å². The van der Waals surface area contributed by atoms with Gasteiger partial charge in [-0.3, -0.25) is 0 Å². The van der Waals surface area contributed by atoms with Gasteiger partial charge < -0.3 is 10.1 Å². The zero-order valence-electron chi connectivity index (χ0n) is 8.81. The third kappa shape index (κ3) is 4.44. The monoisotopic (exact) mass is 183 g/mol. The Balaban J connectivity index is 2.14. The van der Waals surface area contributed by atoms with Crippen LogP contribution in [-0.2, 0) is 4.74 Å². The van der Waals surface area contributed by atoms with E-state index in [2.05, 4.69) is 18.3 Å². The summed E-state index contributed by atoms with van der Waals surface area (Å²) >= 11 is 0. The van der Waals surface area contributed by atoms with Crippen LogP contribution >= 0.6 is 0 Å². The van der Waals surface area contributed by atoms with Crippen molar-refractivity contribution in [3.8, 4) is 0 Å². The number of rotatable bonds is 5. The molecule has 2 heteroatoms. The summed E-state index contributed by atoms with van der Waals surface area (Å²) < 4.78 is 5.57. The van der Waals surface area contributed by atoms with Crippen LogP contribution in [0, 0.1) is 0 Å². The second-order valence-electron chi connectivity index (χ2n) is 3.78. The van der Waals surface area contributed by atoms with Crippen molar-refractivity contribution in [1.29, 1.82) is 0 Å². The van der Waals surface area contributed by atoms with Crippen molar-refractivity contribution in [1.82, 2.24) is 5.32 Å². The average molecular weight is 183 g/mol. The van der Waals surface area contributed by atoms with E-state index in [9.17, 15) is 0 Å². The van der Waals surface area contributed by atoms with Gasteiger partial charge in [0.2, 0.25) is 0 Å². The van der Waals surface area contributed by atoms with Gasteiger partial charge in [-0.05, 0) is 46.2 Å². The summed E-state index contributed by atoms with van der Waals surface area (Å²) in [6.07, 6.45) is 7.58. The predicted octanol–water partition coefficient (Wildman–Crippen LogP) is 2.11. The zero-order valence-corrected chi connectivity index (χ0v) is 8.81. The first-order chi connectivity index (χ1) is 6.33. The molecular formula is C11H21NO. The van der Waals surface area contributed by atoms with Gasteiger partial charge in [0.15, 0.2) is 0 Å². The first kappa shape index (κ1) is 10.7. The van der Waals surface area contributed by atoms with Gasteiger partial charge in [-0.15, -0.1) is 0 Å². The lowest BCUT2D eigenvalue weighted by molar-refractivity contribution is 0.111. The summed E-state index contributed by atoms with van der Waals surface area (Å²) in [6.45, 7) is 4.24. The number of hydrogen-bond donors (Lipinski definition) is 1. The summed E-state index contributed by atoms with van der Waals surface area (Å²) in [6, 6.07) is 0. The molecule has 0 aromatic rings. The molecule has 0 saturated carbocycles. The van der Waals surface area contributed by atoms with Crippen LogP contribution in [0.5, 0.6) is 0 Å². The Bertz CT molecular complexity index is 159. The van der Waals surface area contributed by atoms with E-state index in [1.54, 1.807) is 0 Å². The maximum absolute atomic E-state index is 5.57. The van der Waals surface area contributed by atoms with Crippen molar-refractivity contribution in [3.63, 3.8) is 0 Å². The van der Waals surface area contributed by atoms with E-state index in [-0.39, 0.29) is 0 Å². The SMILES string of the molecule is CNCCC=C(C)CC1CCCO1. The maximum atomic E-state index is 5.57. The van der Waals surface area contributed by atoms with Gasteiger partial charge in [0.25, 0.3) is 0 Å². The molecule has 2 nitrogen and oxygen atoms in total. The van der Waals surface area contributed by atoms with Crippen molar-refractivity contribution in [2.24, 2.45) is 0 Å². The highest BCUT2D eigenvalue weighted by atomic mass is 16.5. The number of ether oxygens (including phenoxy) is 1. The Hall–Kier alpha value is -0.340. The minimum atomic E-state index is 0.505. The fraction of sp³-hybridized carbons (Fsp3) is 0.818. The number of nitrogens with one attached hydrogen (secondary N) is 1. The first-order valence-corrected chi connectivity index (χ1v) is 5.24. The van der Waals surface area contributed by atoms with Crippen molar-refractivity contribution in [2.75, 3.05) is 20.2 Å². The van der Waals surface area contributed by atoms with Gasteiger partial charge in [-0.1, -0.05) is 11.6 Å². The van der Waals surface area contributed by atoms with Crippen molar-refractivity contribution in [2.45, 2.75) is 38.7 Å². The van der Waals surface area contributed by atoms with Crippen LogP contribution in [0.3, 0.4) is 0 Å². The van der Waals surface area contributed by atoms with Gasteiger partial charge in [0, 0.05) is 6.61 Å². The molecule has 1 heterocycles. The molecule has 0 radical (unpaired) electrons. The lowest BCUT2D eigenvalue weighted by Gasteiger charge is -2.09. The summed E-state index contributed by atoms with van der Waals surface area (Å²) in [5.74, 6) is 0. The fourth-order valence-corrected chi connectivity index (χ4v) is 1.71. The molecule has 0 amide bonds. The molecule has 1 N–H and O–H groups in total. The smallest absolute Gasteiger partial charge is 0.0612 e. The normalized spacial score (nSPS) is 23.8. The van der Waals surface area contributed by atoms with Crippen LogP contribution in [0.1, 0.15) is 32.6 Å². The molecule has 0 aromatic heterocycles. The van der Waals surface area contributed by atoms with Gasteiger partial charge in [-0.2, -0.15) is 0 Å². The van der Waals surface area contributed by atoms with Crippen LogP contribution in [0.4, 0.5) is 0 Å². The Morgan fingerprint density at radius 2 is 2.46 bits per heavy atom. The number of hydrogen-bond acceptors (Lipinski definition) is 2. The fourth-order valence-electron chi connectivity index (χ4n) is 1.71. The zero-order chi connectivity index (χ0) is 9.52. The highest BCUT2D eigenvalue weighted by molar-refractivity contribution is 5.00. The highest BCUT2D eigenvalue weighted by Crippen LogP contribution is 2.19. The molecule has 0 spiro atoms. The Kier molecular flexibility index (Phi) is 5.09. The Labute approximate surface area is 81.4 Å². The highest BCUT2D eigenvalue weighted by Gasteiger charge is 2.14. The molecule has 0 aliphatic carbocycles. The maximum Gasteiger partial charge on any atom is 0.0612 e. The molecule has 1 rings (SSSR count). The van der Waals surface area contributed by atoms with Crippen molar-refractivity contribution >= 4 is 0 Å². The second-order valence-corrected chi connectivity index (χ2v) is 3.78. The third-order valence-corrected chi connectivity index (χ3v) is 2.46. The van der Waals surface area contributed by atoms with E-state index >= 15 is 0 Å². The minimum Gasteiger partial charge on any atom is -0.378 e. The predicted molar refractivity (Wildman–Crippen MR) is 55.9 cm³/mol. The van der Waals surface area contributed by atoms with Crippen LogP contribution in [0.25, 0.3) is 0 Å². The summed E-state index contributed by atoms with van der Waals surface area (Å²) in [4.78, 5) is 0. The third-order valence-electron chi connectivity index (χ3n) is 2.46. The first-order valence-electron chi connectivity index (χ1n) is 5.24. The lowest BCUT2D eigenvalue weighted by Crippen LogP contribution is -2.07.